The number of unbranched alkanes of at least 4 members (excludes halogenated alkanes) is 31. The molecule has 62 heavy (non-hydrogen) atoms. The number of rotatable bonds is 48. The Morgan fingerprint density at radius 2 is 0.903 bits per heavy atom. The van der Waals surface area contributed by atoms with Crippen LogP contribution < -0.4 is 10.2 Å². The Hall–Kier alpha value is -1.28. The third kappa shape index (κ3) is 46.7. The highest BCUT2D eigenvalue weighted by Crippen LogP contribution is 2.38. The fourth-order valence-corrected chi connectivity index (χ4v) is 8.36. The second-order valence-corrected chi connectivity index (χ2v) is 20.6. The molecule has 0 fully saturated rings. The van der Waals surface area contributed by atoms with E-state index in [0.717, 1.165) is 38.5 Å². The van der Waals surface area contributed by atoms with Crippen LogP contribution in [0.1, 0.15) is 245 Å². The molecule has 0 aliphatic carbocycles. The molecular weight excluding hydrogens is 792 g/mol. The Kier molecular flexibility index (Phi) is 44.0. The van der Waals surface area contributed by atoms with Crippen LogP contribution in [0.5, 0.6) is 0 Å². The normalized spacial score (nSPS) is 14.4. The van der Waals surface area contributed by atoms with E-state index in [1.165, 1.54) is 186 Å². The third-order valence-electron chi connectivity index (χ3n) is 11.8. The summed E-state index contributed by atoms with van der Waals surface area (Å²) in [6, 6.07) is -0.905. The Balaban J connectivity index is 4.34. The van der Waals surface area contributed by atoms with E-state index in [9.17, 15) is 19.4 Å². The quantitative estimate of drug-likeness (QED) is 0.0273. The van der Waals surface area contributed by atoms with Gasteiger partial charge in [-0.25, -0.2) is 0 Å². The number of aliphatic hydroxyl groups is 1. The molecule has 9 heteroatoms. The van der Waals surface area contributed by atoms with Gasteiger partial charge in [-0.05, 0) is 57.8 Å². The summed E-state index contributed by atoms with van der Waals surface area (Å²) in [6.45, 7) is 4.65. The standard InChI is InChI=1S/C53H103N2O6P/c1-6-8-10-12-14-16-18-20-22-24-26-27-29-31-33-35-37-39-41-43-45-47-53(57)54-51(50-61-62(58,59)60-49-48-55(3,4)5)52(56)46-44-42-40-38-36-34-32-30-28-25-23-21-19-17-15-13-11-9-7-2/h27,29,36,38,44,46,51-52,56H,6-26,28,30-35,37,39-43,45,47-50H2,1-5H3,(H-,54,57,58,59)/b29-27-,38-36+,46-44+. The molecule has 0 aromatic rings. The van der Waals surface area contributed by atoms with E-state index in [4.69, 9.17) is 9.05 Å². The van der Waals surface area contributed by atoms with Crippen LogP contribution in [0, 0.1) is 0 Å². The van der Waals surface area contributed by atoms with E-state index in [2.05, 4.69) is 43.5 Å². The van der Waals surface area contributed by atoms with Gasteiger partial charge < -0.3 is 28.8 Å². The maximum Gasteiger partial charge on any atom is 0.268 e. The number of hydrogen-bond donors (Lipinski definition) is 2. The summed E-state index contributed by atoms with van der Waals surface area (Å²) in [5, 5.41) is 13.8. The molecule has 0 aromatic heterocycles. The zero-order valence-electron chi connectivity index (χ0n) is 41.6. The Morgan fingerprint density at radius 3 is 1.31 bits per heavy atom. The van der Waals surface area contributed by atoms with Gasteiger partial charge in [0.15, 0.2) is 0 Å². The van der Waals surface area contributed by atoms with Crippen molar-refractivity contribution in [1.82, 2.24) is 5.32 Å². The van der Waals surface area contributed by atoms with Gasteiger partial charge in [-0.3, -0.25) is 9.36 Å². The molecule has 0 spiro atoms. The van der Waals surface area contributed by atoms with Gasteiger partial charge in [-0.1, -0.05) is 217 Å². The van der Waals surface area contributed by atoms with Gasteiger partial charge >= 0.3 is 0 Å². The molecule has 8 nitrogen and oxygen atoms in total. The number of carbonyl (C=O) groups excluding carboxylic acids is 1. The number of nitrogens with zero attached hydrogens (tertiary/aromatic N) is 1. The van der Waals surface area contributed by atoms with Crippen LogP contribution in [-0.4, -0.2) is 68.5 Å². The van der Waals surface area contributed by atoms with E-state index in [1.54, 1.807) is 6.08 Å². The van der Waals surface area contributed by atoms with Crippen molar-refractivity contribution in [3.8, 4) is 0 Å². The van der Waals surface area contributed by atoms with Crippen LogP contribution in [0.3, 0.4) is 0 Å². The monoisotopic (exact) mass is 895 g/mol. The fourth-order valence-electron chi connectivity index (χ4n) is 7.63. The first-order valence-electron chi connectivity index (χ1n) is 26.4. The van der Waals surface area contributed by atoms with E-state index < -0.39 is 26.6 Å². The molecule has 0 heterocycles. The number of phosphoric ester groups is 1. The number of nitrogens with one attached hydrogen (secondary N) is 1. The summed E-state index contributed by atoms with van der Waals surface area (Å²) in [6.07, 6.45) is 56.3. The Bertz CT molecular complexity index is 1110. The number of amides is 1. The Labute approximate surface area is 385 Å². The number of hydrogen-bond acceptors (Lipinski definition) is 6. The molecule has 366 valence electrons. The molecule has 0 radical (unpaired) electrons. The smallest absolute Gasteiger partial charge is 0.268 e. The summed E-state index contributed by atoms with van der Waals surface area (Å²) in [4.78, 5) is 25.4. The second kappa shape index (κ2) is 44.9. The van der Waals surface area contributed by atoms with Crippen molar-refractivity contribution in [3.05, 3.63) is 36.5 Å². The van der Waals surface area contributed by atoms with Gasteiger partial charge in [-0.15, -0.1) is 0 Å². The van der Waals surface area contributed by atoms with Crippen LogP contribution in [0.15, 0.2) is 36.5 Å². The highest BCUT2D eigenvalue weighted by atomic mass is 31.2. The van der Waals surface area contributed by atoms with Crippen molar-refractivity contribution < 1.29 is 32.9 Å². The van der Waals surface area contributed by atoms with Gasteiger partial charge in [0.1, 0.15) is 13.2 Å². The van der Waals surface area contributed by atoms with Crippen LogP contribution in [0.4, 0.5) is 0 Å². The van der Waals surface area contributed by atoms with E-state index >= 15 is 0 Å². The highest BCUT2D eigenvalue weighted by molar-refractivity contribution is 7.45. The highest BCUT2D eigenvalue weighted by Gasteiger charge is 2.23. The summed E-state index contributed by atoms with van der Waals surface area (Å²) in [5.74, 6) is -0.210. The summed E-state index contributed by atoms with van der Waals surface area (Å²) >= 11 is 0. The number of likely N-dealkylation sites (N-methyl/N-ethyl adjacent to an activating group) is 1. The molecule has 0 rings (SSSR count). The minimum absolute atomic E-state index is 0.00679. The van der Waals surface area contributed by atoms with Crippen molar-refractivity contribution >= 4 is 13.7 Å². The first-order chi connectivity index (χ1) is 30.0. The molecule has 0 saturated heterocycles. The SMILES string of the molecule is CCCCCCCCCCCC/C=C\CCCCCCCCCC(=O)NC(COP(=O)([O-])OCC[N+](C)(C)C)C(O)/C=C/CC/C=C/CCCCCCCCCCCCCCC. The number of quaternary nitrogens is 1. The van der Waals surface area contributed by atoms with Gasteiger partial charge in [0.25, 0.3) is 7.82 Å². The lowest BCUT2D eigenvalue weighted by molar-refractivity contribution is -0.870. The summed E-state index contributed by atoms with van der Waals surface area (Å²) in [5.41, 5.74) is 0. The number of phosphoric acid groups is 1. The zero-order chi connectivity index (χ0) is 45.7. The molecule has 3 atom stereocenters. The molecular formula is C53H103N2O6P. The lowest BCUT2D eigenvalue weighted by Crippen LogP contribution is -2.45. The van der Waals surface area contributed by atoms with E-state index in [-0.39, 0.29) is 12.5 Å². The van der Waals surface area contributed by atoms with Crippen molar-refractivity contribution in [2.75, 3.05) is 40.9 Å². The molecule has 0 aliphatic rings. The van der Waals surface area contributed by atoms with Crippen molar-refractivity contribution in [2.24, 2.45) is 0 Å². The van der Waals surface area contributed by atoms with Gasteiger partial charge in [0.2, 0.25) is 5.91 Å². The van der Waals surface area contributed by atoms with Gasteiger partial charge in [0, 0.05) is 6.42 Å². The average Bonchev–Trinajstić information content (AvgIpc) is 3.23. The number of carbonyl (C=O) groups is 1. The molecule has 3 unspecified atom stereocenters. The van der Waals surface area contributed by atoms with Crippen molar-refractivity contribution in [3.63, 3.8) is 0 Å². The lowest BCUT2D eigenvalue weighted by Gasteiger charge is -2.29. The second-order valence-electron chi connectivity index (χ2n) is 19.2. The Morgan fingerprint density at radius 1 is 0.548 bits per heavy atom. The molecule has 0 aromatic carbocycles. The molecule has 0 aliphatic heterocycles. The molecule has 2 N–H and O–H groups in total. The predicted octanol–water partition coefficient (Wildman–Crippen LogP) is 14.8. The van der Waals surface area contributed by atoms with Gasteiger partial charge in [0.05, 0.1) is 39.9 Å². The van der Waals surface area contributed by atoms with E-state index in [1.807, 2.05) is 27.2 Å². The number of aliphatic hydroxyl groups excluding tert-OH is 1. The topological polar surface area (TPSA) is 108 Å². The minimum atomic E-state index is -4.60. The third-order valence-corrected chi connectivity index (χ3v) is 12.8. The summed E-state index contributed by atoms with van der Waals surface area (Å²) in [7, 11) is 1.24. The average molecular weight is 895 g/mol. The molecule has 0 bridgehead atoms. The largest absolute Gasteiger partial charge is 0.756 e. The molecule has 1 amide bonds. The van der Waals surface area contributed by atoms with Crippen LogP contribution in [0.2, 0.25) is 0 Å². The van der Waals surface area contributed by atoms with Crippen LogP contribution >= 0.6 is 7.82 Å². The van der Waals surface area contributed by atoms with Crippen LogP contribution in [-0.2, 0) is 18.4 Å². The molecule has 0 saturated carbocycles. The van der Waals surface area contributed by atoms with Crippen molar-refractivity contribution in [2.45, 2.75) is 257 Å². The predicted molar refractivity (Wildman–Crippen MR) is 265 cm³/mol. The zero-order valence-corrected chi connectivity index (χ0v) is 42.5. The summed E-state index contributed by atoms with van der Waals surface area (Å²) < 4.78 is 23.3. The van der Waals surface area contributed by atoms with Crippen molar-refractivity contribution in [1.29, 1.82) is 0 Å². The van der Waals surface area contributed by atoms with E-state index in [0.29, 0.717) is 17.4 Å². The fraction of sp³-hybridized carbons (Fsp3) is 0.868. The first-order valence-corrected chi connectivity index (χ1v) is 27.8. The van der Waals surface area contributed by atoms with Crippen LogP contribution in [0.25, 0.3) is 0 Å². The van der Waals surface area contributed by atoms with Gasteiger partial charge in [-0.2, -0.15) is 0 Å². The number of allylic oxidation sites excluding steroid dienone is 5. The maximum atomic E-state index is 12.9. The lowest BCUT2D eigenvalue weighted by atomic mass is 10.0. The first kappa shape index (κ1) is 60.7. The maximum absolute atomic E-state index is 12.9. The minimum Gasteiger partial charge on any atom is -0.756 e.